The number of methoxy groups -OCH3 is 1. The average Bonchev–Trinajstić information content (AvgIpc) is 3.28. The molecule has 0 saturated heterocycles. The van der Waals surface area contributed by atoms with Crippen LogP contribution in [0, 0.1) is 13.8 Å². The summed E-state index contributed by atoms with van der Waals surface area (Å²) in [6.07, 6.45) is 1.92. The van der Waals surface area contributed by atoms with Gasteiger partial charge in [-0.15, -0.1) is 11.3 Å². The van der Waals surface area contributed by atoms with Gasteiger partial charge in [-0.1, -0.05) is 19.4 Å². The first kappa shape index (κ1) is 25.7. The maximum Gasteiger partial charge on any atom is 0.290 e. The Bertz CT molecular complexity index is 1080. The summed E-state index contributed by atoms with van der Waals surface area (Å²) in [5.74, 6) is -0.427. The summed E-state index contributed by atoms with van der Waals surface area (Å²) >= 11 is 1.25. The van der Waals surface area contributed by atoms with E-state index in [9.17, 15) is 14.7 Å². The van der Waals surface area contributed by atoms with E-state index in [0.29, 0.717) is 40.8 Å². The monoisotopic (exact) mass is 488 g/mol. The van der Waals surface area contributed by atoms with Gasteiger partial charge in [-0.2, -0.15) is 0 Å². The van der Waals surface area contributed by atoms with Crippen LogP contribution in [0.1, 0.15) is 58.7 Å². The van der Waals surface area contributed by atoms with Crippen LogP contribution in [0.15, 0.2) is 29.5 Å². The third kappa shape index (κ3) is 5.26. The highest BCUT2D eigenvalue weighted by Crippen LogP contribution is 2.42. The van der Waals surface area contributed by atoms with Crippen molar-refractivity contribution in [3.63, 3.8) is 0 Å². The molecule has 0 fully saturated rings. The number of aromatic nitrogens is 1. The number of aliphatic hydroxyl groups excluding tert-OH is 1. The first-order valence-electron chi connectivity index (χ1n) is 11.4. The van der Waals surface area contributed by atoms with E-state index in [2.05, 4.69) is 11.9 Å². The molecular formula is C25H32N2O6S. The van der Waals surface area contributed by atoms with Crippen molar-refractivity contribution in [2.45, 2.75) is 46.6 Å². The lowest BCUT2D eigenvalue weighted by Crippen LogP contribution is -2.34. The molecule has 2 aromatic rings. The molecule has 1 aromatic carbocycles. The Morgan fingerprint density at radius 3 is 2.56 bits per heavy atom. The number of aliphatic hydroxyl groups is 1. The van der Waals surface area contributed by atoms with Gasteiger partial charge >= 0.3 is 0 Å². The van der Waals surface area contributed by atoms with Crippen molar-refractivity contribution in [3.05, 3.63) is 50.7 Å². The van der Waals surface area contributed by atoms with E-state index in [1.54, 1.807) is 25.1 Å². The largest absolute Gasteiger partial charge is 0.503 e. The number of Topliss-reactive ketones (excluding diaryl/α,β-unsaturated/α-hetero) is 1. The van der Waals surface area contributed by atoms with E-state index in [0.717, 1.165) is 17.8 Å². The molecule has 2 heterocycles. The lowest BCUT2D eigenvalue weighted by Gasteiger charge is -2.27. The molecule has 0 saturated carbocycles. The van der Waals surface area contributed by atoms with Crippen molar-refractivity contribution in [2.75, 3.05) is 33.5 Å². The molecule has 34 heavy (non-hydrogen) atoms. The second-order valence-corrected chi connectivity index (χ2v) is 9.18. The summed E-state index contributed by atoms with van der Waals surface area (Å²) in [4.78, 5) is 32.8. The summed E-state index contributed by atoms with van der Waals surface area (Å²) in [7, 11) is 1.54. The zero-order valence-corrected chi connectivity index (χ0v) is 21.2. The molecule has 9 heteroatoms. The fourth-order valence-electron chi connectivity index (χ4n) is 3.93. The molecule has 1 amide bonds. The minimum absolute atomic E-state index is 0.0370. The van der Waals surface area contributed by atoms with Crippen molar-refractivity contribution in [3.8, 4) is 11.5 Å². The van der Waals surface area contributed by atoms with Gasteiger partial charge in [0.1, 0.15) is 0 Å². The summed E-state index contributed by atoms with van der Waals surface area (Å²) in [6.45, 7) is 8.98. The Balaban J connectivity index is 2.07. The number of hydrogen-bond acceptors (Lipinski definition) is 8. The van der Waals surface area contributed by atoms with Crippen LogP contribution < -0.4 is 9.47 Å². The number of ketones is 1. The number of benzene rings is 1. The summed E-state index contributed by atoms with van der Waals surface area (Å²) in [5.41, 5.74) is 1.25. The van der Waals surface area contributed by atoms with Gasteiger partial charge in [-0.25, -0.2) is 4.98 Å². The molecule has 1 aliphatic rings. The molecule has 0 radical (unpaired) electrons. The standard InChI is InChI=1S/C25H32N2O6S/c1-6-8-12-33-18-10-9-17(14-19(18)32-7-2)21-20(22(28)24-15(3)26-16(4)34-24)23(29)25(30)27(21)11-13-31-5/h9-10,14,21,29H,6-8,11-13H2,1-5H3. The fourth-order valence-corrected chi connectivity index (χ4v) is 4.80. The van der Waals surface area contributed by atoms with Crippen LogP contribution in [-0.4, -0.2) is 60.2 Å². The lowest BCUT2D eigenvalue weighted by molar-refractivity contribution is -0.130. The third-order valence-corrected chi connectivity index (χ3v) is 6.60. The van der Waals surface area contributed by atoms with Crippen molar-refractivity contribution in [1.82, 2.24) is 9.88 Å². The number of hydrogen-bond donors (Lipinski definition) is 1. The van der Waals surface area contributed by atoms with Gasteiger partial charge in [0.2, 0.25) is 5.78 Å². The average molecular weight is 489 g/mol. The first-order valence-corrected chi connectivity index (χ1v) is 12.3. The minimum Gasteiger partial charge on any atom is -0.503 e. The number of unbranched alkanes of at least 4 members (excludes halogenated alkanes) is 1. The van der Waals surface area contributed by atoms with Gasteiger partial charge in [0.05, 0.1) is 47.0 Å². The maximum absolute atomic E-state index is 13.6. The van der Waals surface area contributed by atoms with Crippen LogP contribution >= 0.6 is 11.3 Å². The first-order chi connectivity index (χ1) is 16.3. The molecule has 0 bridgehead atoms. The van der Waals surface area contributed by atoms with Crippen molar-refractivity contribution in [1.29, 1.82) is 0 Å². The maximum atomic E-state index is 13.6. The number of amides is 1. The number of aryl methyl sites for hydroxylation is 2. The predicted molar refractivity (Wildman–Crippen MR) is 130 cm³/mol. The van der Waals surface area contributed by atoms with Crippen molar-refractivity contribution < 1.29 is 28.9 Å². The number of rotatable bonds is 12. The summed E-state index contributed by atoms with van der Waals surface area (Å²) < 4.78 is 16.9. The number of carbonyl (C=O) groups excluding carboxylic acids is 2. The van der Waals surface area contributed by atoms with E-state index in [1.165, 1.54) is 23.3 Å². The highest BCUT2D eigenvalue weighted by molar-refractivity contribution is 7.14. The van der Waals surface area contributed by atoms with Gasteiger partial charge < -0.3 is 24.2 Å². The Morgan fingerprint density at radius 1 is 1.18 bits per heavy atom. The zero-order chi connectivity index (χ0) is 24.8. The molecule has 0 aliphatic carbocycles. The van der Waals surface area contributed by atoms with Crippen LogP contribution in [0.5, 0.6) is 11.5 Å². The van der Waals surface area contributed by atoms with E-state index < -0.39 is 23.5 Å². The topological polar surface area (TPSA) is 98.2 Å². The normalized spacial score (nSPS) is 15.9. The Labute approximate surface area is 204 Å². The third-order valence-electron chi connectivity index (χ3n) is 5.53. The predicted octanol–water partition coefficient (Wildman–Crippen LogP) is 4.56. The van der Waals surface area contributed by atoms with E-state index in [-0.39, 0.29) is 18.7 Å². The summed E-state index contributed by atoms with van der Waals surface area (Å²) in [5, 5.41) is 11.6. The Morgan fingerprint density at radius 2 is 1.94 bits per heavy atom. The van der Waals surface area contributed by atoms with Gasteiger partial charge in [0, 0.05) is 13.7 Å². The second-order valence-electron chi connectivity index (χ2n) is 7.97. The number of carbonyl (C=O) groups is 2. The molecule has 1 unspecified atom stereocenters. The second kappa shape index (κ2) is 11.5. The quantitative estimate of drug-likeness (QED) is 0.345. The van der Waals surface area contributed by atoms with Crippen LogP contribution in [0.25, 0.3) is 0 Å². The highest BCUT2D eigenvalue weighted by atomic mass is 32.1. The van der Waals surface area contributed by atoms with Crippen molar-refractivity contribution in [2.24, 2.45) is 0 Å². The molecule has 1 aromatic heterocycles. The number of thiazole rings is 1. The highest BCUT2D eigenvalue weighted by Gasteiger charge is 2.44. The molecule has 184 valence electrons. The molecule has 1 N–H and O–H groups in total. The minimum atomic E-state index is -0.791. The van der Waals surface area contributed by atoms with Crippen molar-refractivity contribution >= 4 is 23.0 Å². The smallest absolute Gasteiger partial charge is 0.290 e. The summed E-state index contributed by atoms with van der Waals surface area (Å²) in [6, 6.07) is 4.58. The van der Waals surface area contributed by atoms with Crippen LogP contribution in [-0.2, 0) is 9.53 Å². The van der Waals surface area contributed by atoms with Gasteiger partial charge in [0.15, 0.2) is 17.3 Å². The van der Waals surface area contributed by atoms with Crippen LogP contribution in [0.2, 0.25) is 0 Å². The lowest BCUT2D eigenvalue weighted by atomic mass is 9.94. The Kier molecular flexibility index (Phi) is 8.68. The van der Waals surface area contributed by atoms with E-state index in [1.807, 2.05) is 13.8 Å². The number of ether oxygens (including phenoxy) is 3. The molecule has 3 rings (SSSR count). The van der Waals surface area contributed by atoms with Crippen LogP contribution in [0.3, 0.4) is 0 Å². The van der Waals surface area contributed by atoms with Gasteiger partial charge in [0.25, 0.3) is 5.91 Å². The van der Waals surface area contributed by atoms with E-state index >= 15 is 0 Å². The Hall–Kier alpha value is -2.91. The molecule has 0 spiro atoms. The fraction of sp³-hybridized carbons (Fsp3) is 0.480. The molecule has 8 nitrogen and oxygen atoms in total. The van der Waals surface area contributed by atoms with E-state index in [4.69, 9.17) is 14.2 Å². The zero-order valence-electron chi connectivity index (χ0n) is 20.3. The molecular weight excluding hydrogens is 456 g/mol. The van der Waals surface area contributed by atoms with Crippen LogP contribution in [0.4, 0.5) is 0 Å². The van der Waals surface area contributed by atoms with Gasteiger partial charge in [-0.05, 0) is 44.9 Å². The van der Waals surface area contributed by atoms with Gasteiger partial charge in [-0.3, -0.25) is 9.59 Å². The molecule has 1 aliphatic heterocycles. The molecule has 1 atom stereocenters. The number of nitrogens with zero attached hydrogens (tertiary/aromatic N) is 2. The SMILES string of the molecule is CCCCOc1ccc(C2C(C(=O)c3sc(C)nc3C)=C(O)C(=O)N2CCOC)cc1OCC.